The molecule has 1 unspecified atom stereocenters. The van der Waals surface area contributed by atoms with Crippen molar-refractivity contribution >= 4 is 5.96 Å². The quantitative estimate of drug-likeness (QED) is 0.476. The van der Waals surface area contributed by atoms with Crippen molar-refractivity contribution < 1.29 is 14.2 Å². The van der Waals surface area contributed by atoms with Crippen LogP contribution in [-0.4, -0.2) is 43.9 Å². The summed E-state index contributed by atoms with van der Waals surface area (Å²) in [6, 6.07) is 10.3. The third-order valence-corrected chi connectivity index (χ3v) is 5.50. The van der Waals surface area contributed by atoms with Gasteiger partial charge in [-0.3, -0.25) is 4.99 Å². The molecule has 4 rings (SSSR count). The highest BCUT2D eigenvalue weighted by atomic mass is 16.5. The molecule has 0 bridgehead atoms. The van der Waals surface area contributed by atoms with Gasteiger partial charge in [-0.25, -0.2) is 4.98 Å². The van der Waals surface area contributed by atoms with Gasteiger partial charge in [0.15, 0.2) is 5.96 Å². The number of aromatic nitrogens is 1. The molecule has 0 amide bonds. The van der Waals surface area contributed by atoms with E-state index in [0.29, 0.717) is 25.6 Å². The molecule has 2 aromatic rings. The first-order chi connectivity index (χ1) is 15.2. The Bertz CT molecular complexity index is 875. The van der Waals surface area contributed by atoms with Gasteiger partial charge >= 0.3 is 0 Å². The Kier molecular flexibility index (Phi) is 7.25. The Morgan fingerprint density at radius 2 is 2.03 bits per heavy atom. The smallest absolute Gasteiger partial charge is 0.213 e. The lowest BCUT2D eigenvalue weighted by molar-refractivity contribution is 0.140. The van der Waals surface area contributed by atoms with Gasteiger partial charge in [0, 0.05) is 44.4 Å². The van der Waals surface area contributed by atoms with Crippen LogP contribution < -0.4 is 20.1 Å². The zero-order chi connectivity index (χ0) is 21.5. The second kappa shape index (κ2) is 10.5. The second-order valence-corrected chi connectivity index (χ2v) is 8.25. The zero-order valence-corrected chi connectivity index (χ0v) is 18.4. The Balaban J connectivity index is 1.27. The van der Waals surface area contributed by atoms with Crippen LogP contribution in [0.2, 0.25) is 0 Å². The van der Waals surface area contributed by atoms with Crippen molar-refractivity contribution in [1.82, 2.24) is 15.6 Å². The Hall–Kier alpha value is -2.80. The fourth-order valence-electron chi connectivity index (χ4n) is 3.38. The minimum atomic E-state index is 0.127. The minimum Gasteiger partial charge on any atom is -0.488 e. The number of aliphatic imine (C=N–C) groups is 1. The second-order valence-electron chi connectivity index (χ2n) is 8.25. The number of pyridine rings is 1. The van der Waals surface area contributed by atoms with Gasteiger partial charge in [-0.1, -0.05) is 18.2 Å². The number of hydrogen-bond donors (Lipinski definition) is 2. The van der Waals surface area contributed by atoms with Crippen LogP contribution in [0.5, 0.6) is 11.6 Å². The van der Waals surface area contributed by atoms with Crippen LogP contribution in [0.3, 0.4) is 0 Å². The van der Waals surface area contributed by atoms with E-state index in [1.54, 1.807) is 7.05 Å². The standard InChI is InChI=1S/C24H32N4O3/c1-17-3-7-20(22(11-17)31-21-9-10-29-16-21)14-28-24(25-2)27-13-19-6-8-23(26-12-19)30-15-18-4-5-18/h3,6-8,11-12,18,21H,4-5,9-10,13-16H2,1-2H3,(H2,25,27,28). The molecule has 1 saturated carbocycles. The largest absolute Gasteiger partial charge is 0.488 e. The van der Waals surface area contributed by atoms with Crippen molar-refractivity contribution in [2.24, 2.45) is 10.9 Å². The van der Waals surface area contributed by atoms with Crippen molar-refractivity contribution in [3.05, 3.63) is 53.2 Å². The molecule has 166 valence electrons. The molecule has 1 aliphatic heterocycles. The maximum Gasteiger partial charge on any atom is 0.213 e. The maximum absolute atomic E-state index is 6.19. The summed E-state index contributed by atoms with van der Waals surface area (Å²) in [6.07, 6.45) is 5.46. The first-order valence-electron chi connectivity index (χ1n) is 11.1. The summed E-state index contributed by atoms with van der Waals surface area (Å²) in [5.41, 5.74) is 3.35. The third kappa shape index (κ3) is 6.59. The Morgan fingerprint density at radius 1 is 1.16 bits per heavy atom. The number of nitrogens with zero attached hydrogens (tertiary/aromatic N) is 2. The van der Waals surface area contributed by atoms with Crippen LogP contribution in [0, 0.1) is 12.8 Å². The van der Waals surface area contributed by atoms with E-state index in [2.05, 4.69) is 45.7 Å². The van der Waals surface area contributed by atoms with E-state index in [1.165, 1.54) is 18.4 Å². The maximum atomic E-state index is 6.19. The summed E-state index contributed by atoms with van der Waals surface area (Å²) in [7, 11) is 1.77. The molecular formula is C24H32N4O3. The van der Waals surface area contributed by atoms with E-state index >= 15 is 0 Å². The molecule has 1 aliphatic carbocycles. The highest BCUT2D eigenvalue weighted by molar-refractivity contribution is 5.79. The van der Waals surface area contributed by atoms with E-state index in [9.17, 15) is 0 Å². The predicted molar refractivity (Wildman–Crippen MR) is 121 cm³/mol. The number of rotatable bonds is 9. The lowest BCUT2D eigenvalue weighted by Crippen LogP contribution is -2.36. The van der Waals surface area contributed by atoms with Gasteiger partial charge in [-0.2, -0.15) is 0 Å². The molecule has 7 heteroatoms. The molecule has 2 aliphatic rings. The van der Waals surface area contributed by atoms with Crippen LogP contribution in [0.4, 0.5) is 0 Å². The van der Waals surface area contributed by atoms with Crippen molar-refractivity contribution in [2.45, 2.75) is 45.4 Å². The normalized spacial score (nSPS) is 18.6. The molecule has 0 radical (unpaired) electrons. The van der Waals surface area contributed by atoms with Gasteiger partial charge in [0.1, 0.15) is 11.9 Å². The monoisotopic (exact) mass is 424 g/mol. The van der Waals surface area contributed by atoms with E-state index < -0.39 is 0 Å². The Morgan fingerprint density at radius 3 is 2.74 bits per heavy atom. The van der Waals surface area contributed by atoms with Crippen LogP contribution in [-0.2, 0) is 17.8 Å². The van der Waals surface area contributed by atoms with Gasteiger partial charge in [-0.15, -0.1) is 0 Å². The number of hydrogen-bond acceptors (Lipinski definition) is 5. The average molecular weight is 425 g/mol. The van der Waals surface area contributed by atoms with Crippen LogP contribution in [0.25, 0.3) is 0 Å². The van der Waals surface area contributed by atoms with Crippen LogP contribution in [0.1, 0.15) is 36.0 Å². The first-order valence-corrected chi connectivity index (χ1v) is 11.1. The van der Waals surface area contributed by atoms with Crippen LogP contribution >= 0.6 is 0 Å². The molecule has 2 fully saturated rings. The molecule has 1 aromatic heterocycles. The van der Waals surface area contributed by atoms with Crippen LogP contribution in [0.15, 0.2) is 41.5 Å². The molecule has 1 saturated heterocycles. The lowest BCUT2D eigenvalue weighted by Gasteiger charge is -2.18. The lowest BCUT2D eigenvalue weighted by atomic mass is 10.1. The summed E-state index contributed by atoms with van der Waals surface area (Å²) in [6.45, 7) is 5.53. The molecule has 7 nitrogen and oxygen atoms in total. The number of aryl methyl sites for hydroxylation is 1. The number of nitrogens with one attached hydrogen (secondary N) is 2. The Labute approximate surface area is 184 Å². The molecular weight excluding hydrogens is 392 g/mol. The highest BCUT2D eigenvalue weighted by Gasteiger charge is 2.22. The predicted octanol–water partition coefficient (Wildman–Crippen LogP) is 3.21. The third-order valence-electron chi connectivity index (χ3n) is 5.50. The zero-order valence-electron chi connectivity index (χ0n) is 18.4. The summed E-state index contributed by atoms with van der Waals surface area (Å²) < 4.78 is 17.3. The number of benzene rings is 1. The summed E-state index contributed by atoms with van der Waals surface area (Å²) in [5, 5.41) is 6.71. The van der Waals surface area contributed by atoms with Crippen molar-refractivity contribution in [3.63, 3.8) is 0 Å². The molecule has 31 heavy (non-hydrogen) atoms. The van der Waals surface area contributed by atoms with Crippen molar-refractivity contribution in [3.8, 4) is 11.6 Å². The molecule has 1 aromatic carbocycles. The molecule has 2 heterocycles. The van der Waals surface area contributed by atoms with E-state index in [4.69, 9.17) is 14.2 Å². The van der Waals surface area contributed by atoms with E-state index in [-0.39, 0.29) is 6.10 Å². The van der Waals surface area contributed by atoms with Gasteiger partial charge in [0.2, 0.25) is 5.88 Å². The number of guanidine groups is 1. The molecule has 2 N–H and O–H groups in total. The summed E-state index contributed by atoms with van der Waals surface area (Å²) >= 11 is 0. The molecule has 0 spiro atoms. The highest BCUT2D eigenvalue weighted by Crippen LogP contribution is 2.29. The van der Waals surface area contributed by atoms with Gasteiger partial charge in [0.05, 0.1) is 19.8 Å². The van der Waals surface area contributed by atoms with Crippen molar-refractivity contribution in [2.75, 3.05) is 26.9 Å². The first kappa shape index (κ1) is 21.4. The SMILES string of the molecule is CN=C(NCc1ccc(OCC2CC2)nc1)NCc1ccc(C)cc1OC1CCOC1. The fraction of sp³-hybridized carbons (Fsp3) is 0.500. The van der Waals surface area contributed by atoms with Gasteiger partial charge < -0.3 is 24.8 Å². The van der Waals surface area contributed by atoms with E-state index in [1.807, 2.05) is 18.3 Å². The summed E-state index contributed by atoms with van der Waals surface area (Å²) in [5.74, 6) is 3.05. The summed E-state index contributed by atoms with van der Waals surface area (Å²) in [4.78, 5) is 8.73. The minimum absolute atomic E-state index is 0.127. The van der Waals surface area contributed by atoms with Gasteiger partial charge in [0.25, 0.3) is 0 Å². The molecule has 1 atom stereocenters. The average Bonchev–Trinajstić information content (AvgIpc) is 3.48. The van der Waals surface area contributed by atoms with Crippen molar-refractivity contribution in [1.29, 1.82) is 0 Å². The number of ether oxygens (including phenoxy) is 3. The van der Waals surface area contributed by atoms with Gasteiger partial charge in [-0.05, 0) is 42.9 Å². The van der Waals surface area contributed by atoms with E-state index in [0.717, 1.165) is 48.4 Å². The topological polar surface area (TPSA) is 77.0 Å². The fourth-order valence-corrected chi connectivity index (χ4v) is 3.38.